The van der Waals surface area contributed by atoms with E-state index < -0.39 is 0 Å². The lowest BCUT2D eigenvalue weighted by Crippen LogP contribution is -1.97. The highest BCUT2D eigenvalue weighted by molar-refractivity contribution is 5.97. The van der Waals surface area contributed by atoms with E-state index in [0.29, 0.717) is 11.4 Å². The molecule has 0 aliphatic carbocycles. The molecular formula is C21H14N4O2. The van der Waals surface area contributed by atoms with Crippen molar-refractivity contribution in [2.75, 3.05) is 0 Å². The van der Waals surface area contributed by atoms with Gasteiger partial charge in [0.2, 0.25) is 5.82 Å². The van der Waals surface area contributed by atoms with Crippen LogP contribution in [-0.2, 0) is 0 Å². The van der Waals surface area contributed by atoms with Gasteiger partial charge in [0.25, 0.3) is 5.89 Å². The molecule has 0 bridgehead atoms. The summed E-state index contributed by atoms with van der Waals surface area (Å²) >= 11 is 0. The Labute approximate surface area is 154 Å². The third-order valence-electron chi connectivity index (χ3n) is 4.44. The van der Waals surface area contributed by atoms with Crippen molar-refractivity contribution >= 4 is 10.8 Å². The van der Waals surface area contributed by atoms with Crippen molar-refractivity contribution in [1.82, 2.24) is 19.9 Å². The van der Waals surface area contributed by atoms with E-state index in [1.54, 1.807) is 16.9 Å². The van der Waals surface area contributed by atoms with Crippen molar-refractivity contribution in [2.24, 2.45) is 0 Å². The number of rotatable bonds is 3. The first-order valence-corrected chi connectivity index (χ1v) is 8.45. The molecular weight excluding hydrogens is 340 g/mol. The number of aromatic hydroxyl groups is 1. The Bertz CT molecular complexity index is 1240. The number of aromatic nitrogens is 4. The highest BCUT2D eigenvalue weighted by Gasteiger charge is 2.19. The summed E-state index contributed by atoms with van der Waals surface area (Å²) in [7, 11) is 0. The molecule has 6 heteroatoms. The summed E-state index contributed by atoms with van der Waals surface area (Å²) in [6, 6.07) is 20.8. The third kappa shape index (κ3) is 2.55. The summed E-state index contributed by atoms with van der Waals surface area (Å²) < 4.78 is 7.27. The zero-order chi connectivity index (χ0) is 18.2. The smallest absolute Gasteiger partial charge is 0.262 e. The standard InChI is InChI=1S/C21H14N4O2/c26-18-11-10-14-6-1-2-7-15(14)19(18)21-23-20(24-27-21)16-8-3-4-9-17(16)25-13-5-12-22-25/h1-13,26H. The SMILES string of the molecule is Oc1ccc2ccccc2c1-c1nc(-c2ccccc2-n2cccn2)no1. The fourth-order valence-electron chi connectivity index (χ4n) is 3.19. The molecule has 2 aromatic heterocycles. The van der Waals surface area contributed by atoms with Crippen LogP contribution in [0, 0.1) is 0 Å². The Morgan fingerprint density at radius 3 is 2.63 bits per heavy atom. The molecule has 27 heavy (non-hydrogen) atoms. The Hall–Kier alpha value is -3.93. The topological polar surface area (TPSA) is 77.0 Å². The minimum Gasteiger partial charge on any atom is -0.507 e. The molecule has 1 N–H and O–H groups in total. The van der Waals surface area contributed by atoms with Crippen molar-refractivity contribution in [2.45, 2.75) is 0 Å². The summed E-state index contributed by atoms with van der Waals surface area (Å²) in [5, 5.41) is 20.7. The van der Waals surface area contributed by atoms with Crippen LogP contribution in [0.4, 0.5) is 0 Å². The van der Waals surface area contributed by atoms with Crippen molar-refractivity contribution in [3.05, 3.63) is 79.1 Å². The molecule has 6 nitrogen and oxygen atoms in total. The number of phenols is 1. The molecule has 0 unspecified atom stereocenters. The van der Waals surface area contributed by atoms with E-state index in [4.69, 9.17) is 4.52 Å². The predicted molar refractivity (Wildman–Crippen MR) is 101 cm³/mol. The van der Waals surface area contributed by atoms with E-state index in [2.05, 4.69) is 15.2 Å². The second kappa shape index (κ2) is 6.10. The maximum atomic E-state index is 10.4. The van der Waals surface area contributed by atoms with Gasteiger partial charge in [-0.05, 0) is 35.0 Å². The first-order chi connectivity index (χ1) is 13.3. The van der Waals surface area contributed by atoms with Gasteiger partial charge in [0.05, 0.1) is 11.3 Å². The largest absolute Gasteiger partial charge is 0.507 e. The predicted octanol–water partition coefficient (Wildman–Crippen LogP) is 4.45. The maximum absolute atomic E-state index is 10.4. The normalized spacial score (nSPS) is 11.1. The lowest BCUT2D eigenvalue weighted by molar-refractivity contribution is 0.426. The van der Waals surface area contributed by atoms with Crippen LogP contribution in [0.15, 0.2) is 83.6 Å². The first kappa shape index (κ1) is 15.3. The number of hydrogen-bond donors (Lipinski definition) is 1. The zero-order valence-electron chi connectivity index (χ0n) is 14.1. The van der Waals surface area contributed by atoms with Gasteiger partial charge in [0.1, 0.15) is 5.75 Å². The molecule has 0 saturated heterocycles. The van der Waals surface area contributed by atoms with Crippen LogP contribution in [0.2, 0.25) is 0 Å². The molecule has 2 heterocycles. The van der Waals surface area contributed by atoms with Gasteiger partial charge in [-0.3, -0.25) is 0 Å². The molecule has 0 fully saturated rings. The summed E-state index contributed by atoms with van der Waals surface area (Å²) in [5.74, 6) is 0.808. The van der Waals surface area contributed by atoms with Crippen LogP contribution >= 0.6 is 0 Å². The van der Waals surface area contributed by atoms with Crippen LogP contribution in [-0.4, -0.2) is 25.0 Å². The Balaban J connectivity index is 1.67. The third-order valence-corrected chi connectivity index (χ3v) is 4.44. The highest BCUT2D eigenvalue weighted by atomic mass is 16.5. The van der Waals surface area contributed by atoms with E-state index in [9.17, 15) is 5.11 Å². The van der Waals surface area contributed by atoms with Gasteiger partial charge in [0, 0.05) is 18.0 Å². The average molecular weight is 354 g/mol. The minimum absolute atomic E-state index is 0.101. The van der Waals surface area contributed by atoms with Crippen molar-refractivity contribution in [1.29, 1.82) is 0 Å². The molecule has 0 aliphatic heterocycles. The molecule has 130 valence electrons. The fourth-order valence-corrected chi connectivity index (χ4v) is 3.19. The Morgan fingerprint density at radius 1 is 0.889 bits per heavy atom. The van der Waals surface area contributed by atoms with E-state index in [1.165, 1.54) is 0 Å². The van der Waals surface area contributed by atoms with Crippen LogP contribution in [0.5, 0.6) is 5.75 Å². The quantitative estimate of drug-likeness (QED) is 0.518. The van der Waals surface area contributed by atoms with Gasteiger partial charge < -0.3 is 9.63 Å². The number of benzene rings is 3. The zero-order valence-corrected chi connectivity index (χ0v) is 14.1. The molecule has 5 aromatic rings. The van der Waals surface area contributed by atoms with Gasteiger partial charge in [-0.1, -0.05) is 47.6 Å². The second-order valence-electron chi connectivity index (χ2n) is 6.07. The number of hydrogen-bond acceptors (Lipinski definition) is 5. The van der Waals surface area contributed by atoms with Crippen LogP contribution < -0.4 is 0 Å². The van der Waals surface area contributed by atoms with Gasteiger partial charge >= 0.3 is 0 Å². The van der Waals surface area contributed by atoms with E-state index in [0.717, 1.165) is 22.0 Å². The second-order valence-corrected chi connectivity index (χ2v) is 6.07. The Kier molecular flexibility index (Phi) is 3.47. The van der Waals surface area contributed by atoms with Gasteiger partial charge in [-0.25, -0.2) is 4.68 Å². The molecule has 0 atom stereocenters. The molecule has 0 amide bonds. The number of phenolic OH excluding ortho intramolecular Hbond substituents is 1. The number of fused-ring (bicyclic) bond motifs is 1. The van der Waals surface area contributed by atoms with Crippen LogP contribution in [0.25, 0.3) is 39.3 Å². The lowest BCUT2D eigenvalue weighted by Gasteiger charge is -2.06. The van der Waals surface area contributed by atoms with E-state index in [1.807, 2.05) is 66.9 Å². The van der Waals surface area contributed by atoms with Crippen LogP contribution in [0.3, 0.4) is 0 Å². The summed E-state index contributed by atoms with van der Waals surface area (Å²) in [6.45, 7) is 0. The lowest BCUT2D eigenvalue weighted by atomic mass is 10.0. The molecule has 0 aliphatic rings. The molecule has 3 aromatic carbocycles. The van der Waals surface area contributed by atoms with E-state index >= 15 is 0 Å². The molecule has 0 radical (unpaired) electrons. The van der Waals surface area contributed by atoms with Gasteiger partial charge in [-0.2, -0.15) is 10.1 Å². The van der Waals surface area contributed by atoms with Crippen LogP contribution in [0.1, 0.15) is 0 Å². The average Bonchev–Trinajstić information content (AvgIpc) is 3.40. The monoisotopic (exact) mass is 354 g/mol. The summed E-state index contributed by atoms with van der Waals surface area (Å²) in [5.41, 5.74) is 2.16. The molecule has 0 spiro atoms. The first-order valence-electron chi connectivity index (χ1n) is 8.45. The van der Waals surface area contributed by atoms with Gasteiger partial charge in [-0.15, -0.1) is 0 Å². The minimum atomic E-state index is 0.101. The fraction of sp³-hybridized carbons (Fsp3) is 0. The summed E-state index contributed by atoms with van der Waals surface area (Å²) in [6.07, 6.45) is 3.57. The van der Waals surface area contributed by atoms with Gasteiger partial charge in [0.15, 0.2) is 0 Å². The van der Waals surface area contributed by atoms with E-state index in [-0.39, 0.29) is 11.6 Å². The maximum Gasteiger partial charge on any atom is 0.262 e. The number of para-hydroxylation sites is 1. The Morgan fingerprint density at radius 2 is 1.74 bits per heavy atom. The van der Waals surface area contributed by atoms with Crippen molar-refractivity contribution in [3.63, 3.8) is 0 Å². The number of nitrogens with zero attached hydrogens (tertiary/aromatic N) is 4. The molecule has 0 saturated carbocycles. The summed E-state index contributed by atoms with van der Waals surface area (Å²) in [4.78, 5) is 4.55. The van der Waals surface area contributed by atoms with Crippen molar-refractivity contribution < 1.29 is 9.63 Å². The highest BCUT2D eigenvalue weighted by Crippen LogP contribution is 2.36. The molecule has 5 rings (SSSR count). The van der Waals surface area contributed by atoms with Crippen molar-refractivity contribution in [3.8, 4) is 34.3 Å².